The maximum atomic E-state index is 6.42. The monoisotopic (exact) mass is 359 g/mol. The van der Waals surface area contributed by atoms with Gasteiger partial charge in [-0.05, 0) is 49.6 Å². The first-order chi connectivity index (χ1) is 10.7. The van der Waals surface area contributed by atoms with Crippen LogP contribution < -0.4 is 5.32 Å². The van der Waals surface area contributed by atoms with Crippen LogP contribution >= 0.6 is 15.9 Å². The van der Waals surface area contributed by atoms with Crippen LogP contribution in [-0.4, -0.2) is 12.6 Å². The van der Waals surface area contributed by atoms with Gasteiger partial charge in [-0.25, -0.2) is 0 Å². The second-order valence-electron chi connectivity index (χ2n) is 5.86. The highest BCUT2D eigenvalue weighted by Crippen LogP contribution is 2.31. The van der Waals surface area contributed by atoms with Gasteiger partial charge in [-0.3, -0.25) is 0 Å². The number of piperidine rings is 1. The Labute approximate surface area is 141 Å². The van der Waals surface area contributed by atoms with Gasteiger partial charge < -0.3 is 10.1 Å². The first-order valence-corrected chi connectivity index (χ1v) is 8.72. The molecular weight excluding hydrogens is 338 g/mol. The van der Waals surface area contributed by atoms with E-state index < -0.39 is 0 Å². The third-order valence-electron chi connectivity index (χ3n) is 4.26. The van der Waals surface area contributed by atoms with E-state index in [-0.39, 0.29) is 18.2 Å². The minimum Gasteiger partial charge on any atom is -0.369 e. The van der Waals surface area contributed by atoms with Gasteiger partial charge in [-0.1, -0.05) is 58.4 Å². The number of nitrogens with one attached hydrogen (secondary N) is 1. The molecule has 1 aliphatic rings. The van der Waals surface area contributed by atoms with E-state index >= 15 is 0 Å². The highest BCUT2D eigenvalue weighted by molar-refractivity contribution is 9.10. The maximum Gasteiger partial charge on any atom is 0.0801 e. The number of benzene rings is 2. The molecule has 0 bridgehead atoms. The maximum absolute atomic E-state index is 6.42. The predicted octanol–water partition coefficient (Wildman–Crippen LogP) is 5.02. The van der Waals surface area contributed by atoms with Crippen molar-refractivity contribution >= 4 is 15.9 Å². The molecule has 0 spiro atoms. The van der Waals surface area contributed by atoms with Gasteiger partial charge in [0.25, 0.3) is 0 Å². The normalized spacial score (nSPS) is 23.2. The Kier molecular flexibility index (Phi) is 5.29. The fourth-order valence-electron chi connectivity index (χ4n) is 3.10. The molecule has 1 aliphatic heterocycles. The van der Waals surface area contributed by atoms with Crippen LogP contribution in [0.3, 0.4) is 0 Å². The zero-order valence-electron chi connectivity index (χ0n) is 12.8. The Bertz CT molecular complexity index is 601. The van der Waals surface area contributed by atoms with Gasteiger partial charge >= 0.3 is 0 Å². The van der Waals surface area contributed by atoms with Crippen LogP contribution in [0.1, 0.15) is 43.0 Å². The SMILES string of the molecule is CC(O[C@H]1CCCN[C@H]1c1ccccc1)c1cccc(Br)c1. The summed E-state index contributed by atoms with van der Waals surface area (Å²) in [6.45, 7) is 3.20. The van der Waals surface area contributed by atoms with E-state index in [1.165, 1.54) is 17.5 Å². The Hall–Kier alpha value is -1.16. The molecule has 116 valence electrons. The Morgan fingerprint density at radius 1 is 1.14 bits per heavy atom. The van der Waals surface area contributed by atoms with Crippen molar-refractivity contribution in [2.24, 2.45) is 0 Å². The van der Waals surface area contributed by atoms with Gasteiger partial charge in [-0.15, -0.1) is 0 Å². The minimum atomic E-state index is 0.0913. The average Bonchev–Trinajstić information content (AvgIpc) is 2.56. The van der Waals surface area contributed by atoms with Crippen molar-refractivity contribution < 1.29 is 4.74 Å². The summed E-state index contributed by atoms with van der Waals surface area (Å²) >= 11 is 3.54. The van der Waals surface area contributed by atoms with Crippen LogP contribution in [0.15, 0.2) is 59.1 Å². The molecule has 0 saturated carbocycles. The molecule has 2 nitrogen and oxygen atoms in total. The molecule has 0 amide bonds. The van der Waals surface area contributed by atoms with Crippen LogP contribution in [0.25, 0.3) is 0 Å². The quantitative estimate of drug-likeness (QED) is 0.827. The first-order valence-electron chi connectivity index (χ1n) is 7.93. The number of halogens is 1. The summed E-state index contributed by atoms with van der Waals surface area (Å²) in [5.74, 6) is 0. The topological polar surface area (TPSA) is 21.3 Å². The Balaban J connectivity index is 1.74. The molecule has 1 N–H and O–H groups in total. The molecule has 1 heterocycles. The van der Waals surface area contributed by atoms with E-state index in [4.69, 9.17) is 4.74 Å². The second kappa shape index (κ2) is 7.40. The second-order valence-corrected chi connectivity index (χ2v) is 6.77. The van der Waals surface area contributed by atoms with Gasteiger partial charge in [0.05, 0.1) is 18.2 Å². The number of ether oxygens (including phenoxy) is 1. The van der Waals surface area contributed by atoms with Gasteiger partial charge in [0, 0.05) is 4.47 Å². The number of hydrogen-bond acceptors (Lipinski definition) is 2. The van der Waals surface area contributed by atoms with E-state index in [0.717, 1.165) is 17.4 Å². The van der Waals surface area contributed by atoms with E-state index in [2.05, 4.69) is 76.7 Å². The lowest BCUT2D eigenvalue weighted by atomic mass is 9.94. The zero-order valence-corrected chi connectivity index (χ0v) is 14.4. The Morgan fingerprint density at radius 3 is 2.73 bits per heavy atom. The summed E-state index contributed by atoms with van der Waals surface area (Å²) in [6.07, 6.45) is 2.57. The van der Waals surface area contributed by atoms with Crippen LogP contribution in [0.4, 0.5) is 0 Å². The van der Waals surface area contributed by atoms with Gasteiger partial charge in [0.15, 0.2) is 0 Å². The van der Waals surface area contributed by atoms with E-state index in [0.29, 0.717) is 0 Å². The summed E-state index contributed by atoms with van der Waals surface area (Å²) < 4.78 is 7.51. The predicted molar refractivity (Wildman–Crippen MR) is 93.8 cm³/mol. The minimum absolute atomic E-state index is 0.0913. The zero-order chi connectivity index (χ0) is 15.4. The molecule has 0 radical (unpaired) electrons. The van der Waals surface area contributed by atoms with Crippen LogP contribution in [-0.2, 0) is 4.74 Å². The highest BCUT2D eigenvalue weighted by atomic mass is 79.9. The van der Waals surface area contributed by atoms with E-state index in [9.17, 15) is 0 Å². The van der Waals surface area contributed by atoms with Crippen molar-refractivity contribution in [3.05, 3.63) is 70.2 Å². The van der Waals surface area contributed by atoms with Crippen molar-refractivity contribution in [3.8, 4) is 0 Å². The molecule has 3 rings (SSSR count). The van der Waals surface area contributed by atoms with Crippen molar-refractivity contribution in [1.29, 1.82) is 0 Å². The molecule has 0 aromatic heterocycles. The average molecular weight is 360 g/mol. The summed E-state index contributed by atoms with van der Waals surface area (Å²) in [5.41, 5.74) is 2.53. The molecule has 2 aromatic carbocycles. The highest BCUT2D eigenvalue weighted by Gasteiger charge is 2.28. The van der Waals surface area contributed by atoms with E-state index in [1.54, 1.807) is 0 Å². The standard InChI is InChI=1S/C19H22BrNO/c1-14(16-9-5-10-17(20)13-16)22-18-11-6-12-21-19(18)15-7-3-2-4-8-15/h2-5,7-10,13-14,18-19,21H,6,11-12H2,1H3/t14?,18-,19-/m0/s1. The smallest absolute Gasteiger partial charge is 0.0801 e. The Morgan fingerprint density at radius 2 is 1.95 bits per heavy atom. The molecule has 1 unspecified atom stereocenters. The van der Waals surface area contributed by atoms with E-state index in [1.807, 2.05) is 6.07 Å². The third-order valence-corrected chi connectivity index (χ3v) is 4.75. The summed E-state index contributed by atoms with van der Waals surface area (Å²) in [6, 6.07) is 19.3. The van der Waals surface area contributed by atoms with Gasteiger partial charge in [0.1, 0.15) is 0 Å². The molecule has 2 aromatic rings. The molecule has 3 heteroatoms. The number of rotatable bonds is 4. The molecule has 3 atom stereocenters. The van der Waals surface area contributed by atoms with Crippen molar-refractivity contribution in [2.75, 3.05) is 6.54 Å². The lowest BCUT2D eigenvalue weighted by Crippen LogP contribution is -2.39. The van der Waals surface area contributed by atoms with Crippen molar-refractivity contribution in [1.82, 2.24) is 5.32 Å². The van der Waals surface area contributed by atoms with Crippen LogP contribution in [0.2, 0.25) is 0 Å². The van der Waals surface area contributed by atoms with Crippen LogP contribution in [0, 0.1) is 0 Å². The largest absolute Gasteiger partial charge is 0.369 e. The molecule has 1 fully saturated rings. The molecule has 0 aliphatic carbocycles. The number of hydrogen-bond donors (Lipinski definition) is 1. The lowest BCUT2D eigenvalue weighted by molar-refractivity contribution is -0.0392. The van der Waals surface area contributed by atoms with Crippen molar-refractivity contribution in [3.63, 3.8) is 0 Å². The van der Waals surface area contributed by atoms with Gasteiger partial charge in [0.2, 0.25) is 0 Å². The summed E-state index contributed by atoms with van der Waals surface area (Å²) in [5, 5.41) is 3.62. The van der Waals surface area contributed by atoms with Crippen LogP contribution in [0.5, 0.6) is 0 Å². The molecule has 22 heavy (non-hydrogen) atoms. The lowest BCUT2D eigenvalue weighted by Gasteiger charge is -2.35. The first kappa shape index (κ1) is 15.7. The van der Waals surface area contributed by atoms with Gasteiger partial charge in [-0.2, -0.15) is 0 Å². The molecular formula is C19H22BrNO. The fourth-order valence-corrected chi connectivity index (χ4v) is 3.52. The third kappa shape index (κ3) is 3.78. The summed E-state index contributed by atoms with van der Waals surface area (Å²) in [7, 11) is 0. The fraction of sp³-hybridized carbons (Fsp3) is 0.368. The summed E-state index contributed by atoms with van der Waals surface area (Å²) in [4.78, 5) is 0. The molecule has 1 saturated heterocycles. The van der Waals surface area contributed by atoms with Crippen molar-refractivity contribution in [2.45, 2.75) is 38.0 Å².